The summed E-state index contributed by atoms with van der Waals surface area (Å²) in [4.78, 5) is 11.6. The first kappa shape index (κ1) is 14.2. The van der Waals surface area contributed by atoms with Gasteiger partial charge in [0.05, 0.1) is 6.04 Å². The summed E-state index contributed by atoms with van der Waals surface area (Å²) in [5, 5.41) is 6.04. The number of carbonyl (C=O) groups is 1. The molecule has 2 unspecified atom stereocenters. The Morgan fingerprint density at radius 1 is 1.33 bits per heavy atom. The molecule has 0 heterocycles. The van der Waals surface area contributed by atoms with Crippen molar-refractivity contribution in [3.63, 3.8) is 0 Å². The first-order valence-electron chi connectivity index (χ1n) is 5.63. The molecule has 2 atom stereocenters. The molecule has 0 aromatic carbocycles. The van der Waals surface area contributed by atoms with Crippen LogP contribution in [0.4, 0.5) is 0 Å². The van der Waals surface area contributed by atoms with Crippen LogP contribution in [-0.4, -0.2) is 24.5 Å². The maximum atomic E-state index is 11.6. The van der Waals surface area contributed by atoms with Gasteiger partial charge >= 0.3 is 0 Å². The molecule has 0 spiro atoms. The van der Waals surface area contributed by atoms with E-state index in [1.165, 1.54) is 0 Å². The minimum atomic E-state index is -0.162. The summed E-state index contributed by atoms with van der Waals surface area (Å²) in [6.45, 7) is 12.6. The summed E-state index contributed by atoms with van der Waals surface area (Å²) >= 11 is 0. The fourth-order valence-electron chi connectivity index (χ4n) is 1.18. The zero-order chi connectivity index (χ0) is 11.8. The summed E-state index contributed by atoms with van der Waals surface area (Å²) in [5.41, 5.74) is 0. The number of nitrogens with one attached hydrogen (secondary N) is 2. The van der Waals surface area contributed by atoms with E-state index in [1.807, 2.05) is 13.8 Å². The number of hydrogen-bond acceptors (Lipinski definition) is 2. The second-order valence-electron chi connectivity index (χ2n) is 4.39. The highest BCUT2D eigenvalue weighted by Crippen LogP contribution is 1.96. The Kier molecular flexibility index (Phi) is 7.05. The van der Waals surface area contributed by atoms with Crippen molar-refractivity contribution < 1.29 is 4.79 Å². The van der Waals surface area contributed by atoms with Gasteiger partial charge < -0.3 is 10.6 Å². The van der Waals surface area contributed by atoms with Crippen molar-refractivity contribution in [2.24, 2.45) is 5.92 Å². The van der Waals surface area contributed by atoms with E-state index in [4.69, 9.17) is 0 Å². The van der Waals surface area contributed by atoms with E-state index in [0.29, 0.717) is 5.92 Å². The van der Waals surface area contributed by atoms with Gasteiger partial charge in [-0.15, -0.1) is 6.58 Å². The lowest BCUT2D eigenvalue weighted by atomic mass is 10.1. The van der Waals surface area contributed by atoms with Crippen LogP contribution in [0.5, 0.6) is 0 Å². The standard InChI is InChI=1S/C12H24N2O/c1-6-10(4)14-11(5)12(15)13-8-7-9(2)3/h6,9-11,14H,1,7-8H2,2-5H3,(H,13,15). The van der Waals surface area contributed by atoms with E-state index in [2.05, 4.69) is 31.1 Å². The van der Waals surface area contributed by atoms with Gasteiger partial charge in [-0.3, -0.25) is 4.79 Å². The van der Waals surface area contributed by atoms with Gasteiger partial charge in [-0.2, -0.15) is 0 Å². The van der Waals surface area contributed by atoms with Gasteiger partial charge in [-0.25, -0.2) is 0 Å². The summed E-state index contributed by atoms with van der Waals surface area (Å²) in [7, 11) is 0. The molecule has 0 rings (SSSR count). The fourth-order valence-corrected chi connectivity index (χ4v) is 1.18. The molecule has 0 radical (unpaired) electrons. The minimum absolute atomic E-state index is 0.0596. The van der Waals surface area contributed by atoms with Gasteiger partial charge in [0.1, 0.15) is 0 Å². The van der Waals surface area contributed by atoms with Crippen LogP contribution in [0.1, 0.15) is 34.1 Å². The smallest absolute Gasteiger partial charge is 0.236 e. The lowest BCUT2D eigenvalue weighted by Gasteiger charge is -2.17. The van der Waals surface area contributed by atoms with Gasteiger partial charge in [0.2, 0.25) is 5.91 Å². The Labute approximate surface area is 93.3 Å². The van der Waals surface area contributed by atoms with Gasteiger partial charge in [-0.1, -0.05) is 19.9 Å². The Balaban J connectivity index is 3.74. The molecule has 1 amide bonds. The van der Waals surface area contributed by atoms with E-state index in [0.717, 1.165) is 13.0 Å². The Morgan fingerprint density at radius 2 is 1.93 bits per heavy atom. The normalized spacial score (nSPS) is 14.7. The van der Waals surface area contributed by atoms with Gasteiger partial charge in [-0.05, 0) is 26.2 Å². The molecule has 0 saturated heterocycles. The molecule has 3 heteroatoms. The van der Waals surface area contributed by atoms with Crippen LogP contribution in [0.3, 0.4) is 0 Å². The molecule has 0 aliphatic heterocycles. The quantitative estimate of drug-likeness (QED) is 0.631. The van der Waals surface area contributed by atoms with Crippen LogP contribution in [0.25, 0.3) is 0 Å². The zero-order valence-electron chi connectivity index (χ0n) is 10.3. The average Bonchev–Trinajstić information content (AvgIpc) is 2.16. The number of rotatable bonds is 7. The molecule has 15 heavy (non-hydrogen) atoms. The number of carbonyl (C=O) groups excluding carboxylic acids is 1. The Morgan fingerprint density at radius 3 is 2.40 bits per heavy atom. The van der Waals surface area contributed by atoms with Crippen molar-refractivity contribution in [1.29, 1.82) is 0 Å². The van der Waals surface area contributed by atoms with Crippen molar-refractivity contribution in [2.75, 3.05) is 6.54 Å². The largest absolute Gasteiger partial charge is 0.355 e. The van der Waals surface area contributed by atoms with Crippen molar-refractivity contribution >= 4 is 5.91 Å². The number of hydrogen-bond donors (Lipinski definition) is 2. The highest BCUT2D eigenvalue weighted by atomic mass is 16.2. The second kappa shape index (κ2) is 7.46. The predicted molar refractivity (Wildman–Crippen MR) is 64.7 cm³/mol. The van der Waals surface area contributed by atoms with Crippen molar-refractivity contribution in [3.05, 3.63) is 12.7 Å². The van der Waals surface area contributed by atoms with Gasteiger partial charge in [0.25, 0.3) is 0 Å². The number of amides is 1. The second-order valence-corrected chi connectivity index (χ2v) is 4.39. The third-order valence-electron chi connectivity index (χ3n) is 2.28. The minimum Gasteiger partial charge on any atom is -0.355 e. The van der Waals surface area contributed by atoms with Crippen molar-refractivity contribution in [1.82, 2.24) is 10.6 Å². The zero-order valence-corrected chi connectivity index (χ0v) is 10.3. The molecule has 0 aliphatic rings. The average molecular weight is 212 g/mol. The van der Waals surface area contributed by atoms with E-state index in [9.17, 15) is 4.79 Å². The van der Waals surface area contributed by atoms with E-state index >= 15 is 0 Å². The molecule has 2 N–H and O–H groups in total. The van der Waals surface area contributed by atoms with Gasteiger partial charge in [0.15, 0.2) is 0 Å². The molecule has 0 aromatic rings. The van der Waals surface area contributed by atoms with Crippen molar-refractivity contribution in [2.45, 2.75) is 46.2 Å². The van der Waals surface area contributed by atoms with Crippen LogP contribution in [0, 0.1) is 5.92 Å². The Hall–Kier alpha value is -0.830. The maximum Gasteiger partial charge on any atom is 0.236 e. The molecular formula is C12H24N2O. The van der Waals surface area contributed by atoms with Crippen molar-refractivity contribution in [3.8, 4) is 0 Å². The third-order valence-corrected chi connectivity index (χ3v) is 2.28. The molecule has 0 aromatic heterocycles. The molecule has 0 fully saturated rings. The van der Waals surface area contributed by atoms with Crippen LogP contribution < -0.4 is 10.6 Å². The fraction of sp³-hybridized carbons (Fsp3) is 0.750. The molecular weight excluding hydrogens is 188 g/mol. The summed E-state index contributed by atoms with van der Waals surface area (Å²) in [6.07, 6.45) is 2.81. The summed E-state index contributed by atoms with van der Waals surface area (Å²) in [5.74, 6) is 0.685. The molecule has 0 aliphatic carbocycles. The predicted octanol–water partition coefficient (Wildman–Crippen LogP) is 1.70. The summed E-state index contributed by atoms with van der Waals surface area (Å²) < 4.78 is 0. The monoisotopic (exact) mass is 212 g/mol. The lowest BCUT2D eigenvalue weighted by Crippen LogP contribution is -2.45. The van der Waals surface area contributed by atoms with E-state index < -0.39 is 0 Å². The van der Waals surface area contributed by atoms with Crippen LogP contribution >= 0.6 is 0 Å². The van der Waals surface area contributed by atoms with Crippen LogP contribution in [-0.2, 0) is 4.79 Å². The summed E-state index contributed by atoms with van der Waals surface area (Å²) in [6, 6.07) is 0.000936. The SMILES string of the molecule is C=CC(C)NC(C)C(=O)NCCC(C)C. The Bertz CT molecular complexity index is 202. The molecule has 88 valence electrons. The van der Waals surface area contributed by atoms with Crippen LogP contribution in [0.2, 0.25) is 0 Å². The molecule has 0 bridgehead atoms. The highest BCUT2D eigenvalue weighted by Gasteiger charge is 2.12. The molecule has 3 nitrogen and oxygen atoms in total. The van der Waals surface area contributed by atoms with E-state index in [-0.39, 0.29) is 18.0 Å². The lowest BCUT2D eigenvalue weighted by molar-refractivity contribution is -0.122. The third kappa shape index (κ3) is 7.14. The van der Waals surface area contributed by atoms with Gasteiger partial charge in [0, 0.05) is 12.6 Å². The topological polar surface area (TPSA) is 41.1 Å². The van der Waals surface area contributed by atoms with E-state index in [1.54, 1.807) is 6.08 Å². The molecule has 0 saturated carbocycles. The maximum absolute atomic E-state index is 11.6. The first-order valence-corrected chi connectivity index (χ1v) is 5.63. The highest BCUT2D eigenvalue weighted by molar-refractivity contribution is 5.81. The first-order chi connectivity index (χ1) is 6.97. The van der Waals surface area contributed by atoms with Crippen LogP contribution in [0.15, 0.2) is 12.7 Å².